The largest absolute Gasteiger partial charge is 0.351 e. The summed E-state index contributed by atoms with van der Waals surface area (Å²) in [5, 5.41) is 6.20. The molecule has 6 nitrogen and oxygen atoms in total. The van der Waals surface area contributed by atoms with Gasteiger partial charge >= 0.3 is 0 Å². The minimum Gasteiger partial charge on any atom is -0.351 e. The first-order valence-corrected chi connectivity index (χ1v) is 8.02. The molecule has 0 aliphatic carbocycles. The van der Waals surface area contributed by atoms with Gasteiger partial charge in [0.1, 0.15) is 5.65 Å². The topological polar surface area (TPSA) is 75.5 Å². The van der Waals surface area contributed by atoms with Crippen LogP contribution in [0.5, 0.6) is 0 Å². The number of nitrogens with zero attached hydrogens (tertiary/aromatic N) is 2. The zero-order valence-corrected chi connectivity index (χ0v) is 13.4. The second-order valence-corrected chi connectivity index (χ2v) is 6.13. The maximum atomic E-state index is 12.1. The highest BCUT2D eigenvalue weighted by atomic mass is 32.1. The van der Waals surface area contributed by atoms with Crippen molar-refractivity contribution in [2.24, 2.45) is 0 Å². The number of nitrogens with one attached hydrogen (secondary N) is 2. The van der Waals surface area contributed by atoms with E-state index in [0.717, 1.165) is 11.3 Å². The Morgan fingerprint density at radius 3 is 2.91 bits per heavy atom. The van der Waals surface area contributed by atoms with E-state index in [0.29, 0.717) is 22.8 Å². The fraction of sp³-hybridized carbons (Fsp3) is 0.188. The second-order valence-electron chi connectivity index (χ2n) is 5.05. The molecule has 23 heavy (non-hydrogen) atoms. The molecule has 0 atom stereocenters. The number of fused-ring (bicyclic) bond motifs is 1. The zero-order valence-electron chi connectivity index (χ0n) is 12.6. The van der Waals surface area contributed by atoms with Gasteiger partial charge in [0.15, 0.2) is 0 Å². The third kappa shape index (κ3) is 3.75. The first-order chi connectivity index (χ1) is 11.1. The van der Waals surface area contributed by atoms with Gasteiger partial charge in [-0.1, -0.05) is 6.07 Å². The van der Waals surface area contributed by atoms with Gasteiger partial charge in [-0.3, -0.25) is 9.59 Å². The molecule has 0 aliphatic rings. The lowest BCUT2D eigenvalue weighted by molar-refractivity contribution is -0.114. The van der Waals surface area contributed by atoms with Gasteiger partial charge in [-0.25, -0.2) is 4.98 Å². The van der Waals surface area contributed by atoms with Crippen molar-refractivity contribution in [2.45, 2.75) is 13.3 Å². The van der Waals surface area contributed by atoms with Gasteiger partial charge in [-0.05, 0) is 24.3 Å². The van der Waals surface area contributed by atoms with E-state index in [1.807, 2.05) is 35.0 Å². The molecule has 0 saturated carbocycles. The Balaban J connectivity index is 1.54. The highest BCUT2D eigenvalue weighted by Gasteiger charge is 2.10. The summed E-state index contributed by atoms with van der Waals surface area (Å²) < 4.78 is 1.95. The van der Waals surface area contributed by atoms with Crippen molar-refractivity contribution in [1.82, 2.24) is 14.7 Å². The van der Waals surface area contributed by atoms with Crippen LogP contribution < -0.4 is 10.6 Å². The van der Waals surface area contributed by atoms with Crippen LogP contribution in [-0.2, 0) is 11.2 Å². The van der Waals surface area contributed by atoms with E-state index in [9.17, 15) is 9.59 Å². The molecule has 0 bridgehead atoms. The smallest absolute Gasteiger partial charge is 0.261 e. The van der Waals surface area contributed by atoms with Crippen molar-refractivity contribution in [3.8, 4) is 0 Å². The lowest BCUT2D eigenvalue weighted by Gasteiger charge is -2.01. The average molecular weight is 328 g/mol. The molecule has 0 fully saturated rings. The molecule has 0 spiro atoms. The number of hydrogen-bond acceptors (Lipinski definition) is 4. The third-order valence-electron chi connectivity index (χ3n) is 3.21. The summed E-state index contributed by atoms with van der Waals surface area (Å²) in [7, 11) is 0. The minimum atomic E-state index is -0.148. The Hall–Kier alpha value is -2.67. The van der Waals surface area contributed by atoms with E-state index in [4.69, 9.17) is 0 Å². The fourth-order valence-electron chi connectivity index (χ4n) is 2.20. The van der Waals surface area contributed by atoms with Crippen molar-refractivity contribution in [3.63, 3.8) is 0 Å². The number of rotatable bonds is 5. The first kappa shape index (κ1) is 15.2. The van der Waals surface area contributed by atoms with Crippen LogP contribution >= 0.6 is 11.3 Å². The summed E-state index contributed by atoms with van der Waals surface area (Å²) in [5.41, 5.74) is 1.83. The van der Waals surface area contributed by atoms with Gasteiger partial charge in [0.05, 0.1) is 15.6 Å². The van der Waals surface area contributed by atoms with Crippen molar-refractivity contribution in [1.29, 1.82) is 0 Å². The van der Waals surface area contributed by atoms with Gasteiger partial charge < -0.3 is 15.0 Å². The quantitative estimate of drug-likeness (QED) is 0.755. The molecule has 2 N–H and O–H groups in total. The molecular weight excluding hydrogens is 312 g/mol. The normalized spacial score (nSPS) is 10.7. The highest BCUT2D eigenvalue weighted by molar-refractivity contribution is 7.18. The SMILES string of the molecule is CC(=O)Nc1ccc(C(=O)NCCc2cn3ccccc3n2)s1. The summed E-state index contributed by atoms with van der Waals surface area (Å²) in [6.45, 7) is 1.95. The molecule has 7 heteroatoms. The molecule has 0 unspecified atom stereocenters. The number of carbonyl (C=O) groups excluding carboxylic acids is 2. The van der Waals surface area contributed by atoms with Crippen LogP contribution in [0.2, 0.25) is 0 Å². The standard InChI is InChI=1S/C16H16N4O2S/c1-11(21)18-15-6-5-13(23-15)16(22)17-8-7-12-10-20-9-3-2-4-14(20)19-12/h2-6,9-10H,7-8H2,1H3,(H,17,22)(H,18,21). The van der Waals surface area contributed by atoms with E-state index in [2.05, 4.69) is 15.6 Å². The Kier molecular flexibility index (Phi) is 4.38. The maximum absolute atomic E-state index is 12.1. The third-order valence-corrected chi connectivity index (χ3v) is 4.21. The van der Waals surface area contributed by atoms with E-state index < -0.39 is 0 Å². The van der Waals surface area contributed by atoms with Gasteiger partial charge in [0.2, 0.25) is 5.91 Å². The summed E-state index contributed by atoms with van der Waals surface area (Å²) in [6, 6.07) is 9.26. The van der Waals surface area contributed by atoms with E-state index >= 15 is 0 Å². The van der Waals surface area contributed by atoms with Crippen molar-refractivity contribution in [2.75, 3.05) is 11.9 Å². The fourth-order valence-corrected chi connectivity index (χ4v) is 3.07. The number of carbonyl (C=O) groups is 2. The molecule has 3 aromatic heterocycles. The molecule has 0 radical (unpaired) electrons. The van der Waals surface area contributed by atoms with Crippen LogP contribution in [-0.4, -0.2) is 27.7 Å². The number of anilines is 1. The Bertz CT molecular complexity index is 820. The average Bonchev–Trinajstić information content (AvgIpc) is 3.12. The van der Waals surface area contributed by atoms with Crippen LogP contribution in [0.1, 0.15) is 22.3 Å². The lowest BCUT2D eigenvalue weighted by Crippen LogP contribution is -2.24. The second kappa shape index (κ2) is 6.62. The number of amides is 2. The number of thiophene rings is 1. The van der Waals surface area contributed by atoms with E-state index in [-0.39, 0.29) is 11.8 Å². The summed E-state index contributed by atoms with van der Waals surface area (Å²) >= 11 is 1.26. The zero-order chi connectivity index (χ0) is 16.2. The van der Waals surface area contributed by atoms with Gasteiger partial charge in [0, 0.05) is 32.3 Å². The van der Waals surface area contributed by atoms with Gasteiger partial charge in [0.25, 0.3) is 5.91 Å². The monoisotopic (exact) mass is 328 g/mol. The van der Waals surface area contributed by atoms with Gasteiger partial charge in [-0.2, -0.15) is 0 Å². The van der Waals surface area contributed by atoms with E-state index in [1.54, 1.807) is 12.1 Å². The Morgan fingerprint density at radius 2 is 2.13 bits per heavy atom. The molecule has 3 aromatic rings. The van der Waals surface area contributed by atoms with Crippen molar-refractivity contribution < 1.29 is 9.59 Å². The first-order valence-electron chi connectivity index (χ1n) is 7.20. The number of hydrogen-bond donors (Lipinski definition) is 2. The van der Waals surface area contributed by atoms with Crippen molar-refractivity contribution >= 4 is 33.8 Å². The lowest BCUT2D eigenvalue weighted by atomic mass is 10.3. The van der Waals surface area contributed by atoms with Crippen LogP contribution in [0.4, 0.5) is 5.00 Å². The van der Waals surface area contributed by atoms with Crippen LogP contribution in [0.3, 0.4) is 0 Å². The predicted octanol–water partition coefficient (Wildman–Crippen LogP) is 2.33. The number of pyridine rings is 1. The minimum absolute atomic E-state index is 0.143. The molecule has 3 heterocycles. The highest BCUT2D eigenvalue weighted by Crippen LogP contribution is 2.21. The molecule has 3 rings (SSSR count). The van der Waals surface area contributed by atoms with Crippen LogP contribution in [0, 0.1) is 0 Å². The molecule has 2 amide bonds. The Labute approximate surface area is 137 Å². The summed E-state index contributed by atoms with van der Waals surface area (Å²) in [5.74, 6) is -0.291. The molecule has 0 aliphatic heterocycles. The van der Waals surface area contributed by atoms with Crippen LogP contribution in [0.15, 0.2) is 42.7 Å². The molecule has 0 aromatic carbocycles. The van der Waals surface area contributed by atoms with Crippen molar-refractivity contribution in [3.05, 3.63) is 53.3 Å². The number of imidazole rings is 1. The molecular formula is C16H16N4O2S. The van der Waals surface area contributed by atoms with E-state index in [1.165, 1.54) is 18.3 Å². The Morgan fingerprint density at radius 1 is 1.26 bits per heavy atom. The van der Waals surface area contributed by atoms with Gasteiger partial charge in [-0.15, -0.1) is 11.3 Å². The van der Waals surface area contributed by atoms with Crippen LogP contribution in [0.25, 0.3) is 5.65 Å². The molecule has 118 valence electrons. The summed E-state index contributed by atoms with van der Waals surface area (Å²) in [4.78, 5) is 28.1. The predicted molar refractivity (Wildman–Crippen MR) is 89.9 cm³/mol. The summed E-state index contributed by atoms with van der Waals surface area (Å²) in [6.07, 6.45) is 4.57. The maximum Gasteiger partial charge on any atom is 0.261 e. The molecule has 0 saturated heterocycles. The number of aromatic nitrogens is 2.